The number of hydrogen-bond donors (Lipinski definition) is 2. The van der Waals surface area contributed by atoms with Gasteiger partial charge in [-0.25, -0.2) is 0 Å². The van der Waals surface area contributed by atoms with Crippen LogP contribution < -0.4 is 15.8 Å². The van der Waals surface area contributed by atoms with Crippen molar-refractivity contribution in [2.75, 3.05) is 6.61 Å². The zero-order chi connectivity index (χ0) is 18.2. The molecule has 3 N–H and O–H groups in total. The molecule has 2 unspecified atom stereocenters. The third-order valence-electron chi connectivity index (χ3n) is 4.17. The van der Waals surface area contributed by atoms with Gasteiger partial charge in [0.2, 0.25) is 5.91 Å². The maximum atomic E-state index is 12.2. The van der Waals surface area contributed by atoms with E-state index < -0.39 is 11.9 Å². The second-order valence-electron chi connectivity index (χ2n) is 5.98. The molecule has 0 aliphatic heterocycles. The van der Waals surface area contributed by atoms with Gasteiger partial charge in [-0.1, -0.05) is 68.8 Å². The fourth-order valence-corrected chi connectivity index (χ4v) is 2.54. The van der Waals surface area contributed by atoms with Crippen molar-refractivity contribution in [1.29, 1.82) is 0 Å². The van der Waals surface area contributed by atoms with Crippen molar-refractivity contribution < 1.29 is 14.3 Å². The maximum Gasteiger partial charge on any atom is 0.258 e. The highest BCUT2D eigenvalue weighted by Gasteiger charge is 2.23. The van der Waals surface area contributed by atoms with E-state index in [0.29, 0.717) is 5.75 Å². The standard InChI is InChI=1S/C20H24N2O3/c1-3-14(2)19(20(21)24)22-18(23)13-25-17-12-8-7-11-16(17)15-9-5-4-6-10-15/h4-12,14,19H,3,13H2,1-2H3,(H2,21,24)(H,22,23). The minimum atomic E-state index is -0.689. The van der Waals surface area contributed by atoms with Crippen molar-refractivity contribution in [3.8, 4) is 16.9 Å². The van der Waals surface area contributed by atoms with Gasteiger partial charge >= 0.3 is 0 Å². The summed E-state index contributed by atoms with van der Waals surface area (Å²) >= 11 is 0. The SMILES string of the molecule is CCC(C)C(NC(=O)COc1ccccc1-c1ccccc1)C(N)=O. The number of para-hydroxylation sites is 1. The minimum Gasteiger partial charge on any atom is -0.483 e. The fourth-order valence-electron chi connectivity index (χ4n) is 2.54. The predicted molar refractivity (Wildman–Crippen MR) is 98.0 cm³/mol. The molecule has 0 aromatic heterocycles. The molecule has 0 aliphatic rings. The quantitative estimate of drug-likeness (QED) is 0.775. The second-order valence-corrected chi connectivity index (χ2v) is 5.98. The summed E-state index contributed by atoms with van der Waals surface area (Å²) in [5, 5.41) is 2.66. The van der Waals surface area contributed by atoms with Gasteiger partial charge in [0, 0.05) is 5.56 Å². The Labute approximate surface area is 148 Å². The minimum absolute atomic E-state index is 0.0296. The number of nitrogens with one attached hydrogen (secondary N) is 1. The molecular weight excluding hydrogens is 316 g/mol. The van der Waals surface area contributed by atoms with Crippen LogP contribution in [-0.4, -0.2) is 24.5 Å². The predicted octanol–water partition coefficient (Wildman–Crippen LogP) is 2.75. The molecule has 132 valence electrons. The number of rotatable bonds is 8. The average Bonchev–Trinajstić information content (AvgIpc) is 2.64. The molecule has 0 heterocycles. The molecule has 0 fully saturated rings. The van der Waals surface area contributed by atoms with Gasteiger partial charge < -0.3 is 15.8 Å². The van der Waals surface area contributed by atoms with Crippen LogP contribution in [0, 0.1) is 5.92 Å². The smallest absolute Gasteiger partial charge is 0.258 e. The summed E-state index contributed by atoms with van der Waals surface area (Å²) in [5.41, 5.74) is 7.29. The lowest BCUT2D eigenvalue weighted by molar-refractivity contribution is -0.129. The fraction of sp³-hybridized carbons (Fsp3) is 0.300. The van der Waals surface area contributed by atoms with Gasteiger partial charge in [-0.05, 0) is 17.5 Å². The Bertz CT molecular complexity index is 716. The van der Waals surface area contributed by atoms with E-state index in [1.165, 1.54) is 0 Å². The third-order valence-corrected chi connectivity index (χ3v) is 4.17. The molecule has 2 rings (SSSR count). The maximum absolute atomic E-state index is 12.2. The normalized spacial score (nSPS) is 12.9. The second kappa shape index (κ2) is 8.87. The van der Waals surface area contributed by atoms with E-state index in [1.807, 2.05) is 68.4 Å². The Morgan fingerprint density at radius 3 is 2.36 bits per heavy atom. The Morgan fingerprint density at radius 1 is 1.08 bits per heavy atom. The van der Waals surface area contributed by atoms with E-state index in [-0.39, 0.29) is 18.4 Å². The van der Waals surface area contributed by atoms with Crippen LogP contribution in [0.1, 0.15) is 20.3 Å². The number of carbonyl (C=O) groups is 2. The summed E-state index contributed by atoms with van der Waals surface area (Å²) < 4.78 is 5.68. The Balaban J connectivity index is 2.04. The molecule has 2 amide bonds. The first kappa shape index (κ1) is 18.5. The number of amides is 2. The first-order valence-corrected chi connectivity index (χ1v) is 8.38. The zero-order valence-corrected chi connectivity index (χ0v) is 14.6. The molecule has 0 aliphatic carbocycles. The molecule has 0 bridgehead atoms. The molecular formula is C20H24N2O3. The van der Waals surface area contributed by atoms with Crippen LogP contribution in [0.15, 0.2) is 54.6 Å². The molecule has 2 aromatic rings. The van der Waals surface area contributed by atoms with Gasteiger partial charge in [-0.2, -0.15) is 0 Å². The summed E-state index contributed by atoms with van der Waals surface area (Å²) in [5.74, 6) is -0.319. The average molecular weight is 340 g/mol. The van der Waals surface area contributed by atoms with Gasteiger partial charge in [0.15, 0.2) is 6.61 Å². The van der Waals surface area contributed by atoms with Crippen LogP contribution in [0.4, 0.5) is 0 Å². The number of hydrogen-bond acceptors (Lipinski definition) is 3. The van der Waals surface area contributed by atoms with Crippen LogP contribution in [0.5, 0.6) is 5.75 Å². The summed E-state index contributed by atoms with van der Waals surface area (Å²) in [7, 11) is 0. The third kappa shape index (κ3) is 5.08. The van der Waals surface area contributed by atoms with Crippen molar-refractivity contribution in [3.63, 3.8) is 0 Å². The van der Waals surface area contributed by atoms with Crippen molar-refractivity contribution in [2.24, 2.45) is 11.7 Å². The van der Waals surface area contributed by atoms with Crippen molar-refractivity contribution >= 4 is 11.8 Å². The van der Waals surface area contributed by atoms with E-state index in [9.17, 15) is 9.59 Å². The molecule has 2 aromatic carbocycles. The van der Waals surface area contributed by atoms with Crippen LogP contribution in [-0.2, 0) is 9.59 Å². The van der Waals surface area contributed by atoms with Gasteiger partial charge in [0.05, 0.1) is 0 Å². The molecule has 0 spiro atoms. The molecule has 25 heavy (non-hydrogen) atoms. The van der Waals surface area contributed by atoms with Crippen molar-refractivity contribution in [1.82, 2.24) is 5.32 Å². The highest BCUT2D eigenvalue weighted by atomic mass is 16.5. The lowest BCUT2D eigenvalue weighted by Gasteiger charge is -2.21. The van der Waals surface area contributed by atoms with Gasteiger partial charge in [0.25, 0.3) is 5.91 Å². The zero-order valence-electron chi connectivity index (χ0n) is 14.6. The summed E-state index contributed by atoms with van der Waals surface area (Å²) in [6, 6.07) is 16.6. The lowest BCUT2D eigenvalue weighted by Crippen LogP contribution is -2.49. The molecule has 0 saturated heterocycles. The van der Waals surface area contributed by atoms with Crippen LogP contribution in [0.25, 0.3) is 11.1 Å². The van der Waals surface area contributed by atoms with Crippen molar-refractivity contribution in [3.05, 3.63) is 54.6 Å². The van der Waals surface area contributed by atoms with Gasteiger partial charge in [-0.3, -0.25) is 9.59 Å². The highest BCUT2D eigenvalue weighted by molar-refractivity contribution is 5.87. The number of benzene rings is 2. The Hall–Kier alpha value is -2.82. The number of primary amides is 1. The number of ether oxygens (including phenoxy) is 1. The first-order valence-electron chi connectivity index (χ1n) is 8.38. The Kier molecular flexibility index (Phi) is 6.57. The summed E-state index contributed by atoms with van der Waals surface area (Å²) in [4.78, 5) is 23.7. The lowest BCUT2D eigenvalue weighted by atomic mass is 9.99. The molecule has 0 saturated carbocycles. The highest BCUT2D eigenvalue weighted by Crippen LogP contribution is 2.29. The molecule has 5 heteroatoms. The molecule has 5 nitrogen and oxygen atoms in total. The van der Waals surface area contributed by atoms with E-state index in [4.69, 9.17) is 10.5 Å². The van der Waals surface area contributed by atoms with Crippen LogP contribution in [0.3, 0.4) is 0 Å². The van der Waals surface area contributed by atoms with Crippen molar-refractivity contribution in [2.45, 2.75) is 26.3 Å². The first-order chi connectivity index (χ1) is 12.0. The van der Waals surface area contributed by atoms with E-state index >= 15 is 0 Å². The summed E-state index contributed by atoms with van der Waals surface area (Å²) in [6.45, 7) is 3.64. The van der Waals surface area contributed by atoms with E-state index in [2.05, 4.69) is 5.32 Å². The van der Waals surface area contributed by atoms with Gasteiger partial charge in [-0.15, -0.1) is 0 Å². The Morgan fingerprint density at radius 2 is 1.72 bits per heavy atom. The summed E-state index contributed by atoms with van der Waals surface area (Å²) in [6.07, 6.45) is 0.742. The number of nitrogens with two attached hydrogens (primary N) is 1. The van der Waals surface area contributed by atoms with Gasteiger partial charge in [0.1, 0.15) is 11.8 Å². The van der Waals surface area contributed by atoms with Crippen LogP contribution >= 0.6 is 0 Å². The monoisotopic (exact) mass is 340 g/mol. The molecule has 2 atom stereocenters. The van der Waals surface area contributed by atoms with E-state index in [1.54, 1.807) is 0 Å². The largest absolute Gasteiger partial charge is 0.483 e. The van der Waals surface area contributed by atoms with E-state index in [0.717, 1.165) is 17.5 Å². The molecule has 0 radical (unpaired) electrons. The number of carbonyl (C=O) groups excluding carboxylic acids is 2. The topological polar surface area (TPSA) is 81.4 Å². The van der Waals surface area contributed by atoms with Crippen LogP contribution in [0.2, 0.25) is 0 Å².